The van der Waals surface area contributed by atoms with E-state index in [2.05, 4.69) is 0 Å². The third-order valence-electron chi connectivity index (χ3n) is 4.72. The lowest BCUT2D eigenvalue weighted by Crippen LogP contribution is -2.24. The summed E-state index contributed by atoms with van der Waals surface area (Å²) in [5.41, 5.74) is 2.89. The monoisotopic (exact) mass is 393 g/mol. The number of ether oxygens (including phenoxy) is 2. The first-order valence-electron chi connectivity index (χ1n) is 9.26. The number of aryl methyl sites for hydroxylation is 1. The Kier molecular flexibility index (Phi) is 5.73. The molecule has 0 aromatic heterocycles. The van der Waals surface area contributed by atoms with Crippen LogP contribution in [0.15, 0.2) is 59.3 Å². The number of hydrogen-bond donors (Lipinski definition) is 1. The van der Waals surface area contributed by atoms with E-state index in [-0.39, 0.29) is 35.2 Å². The van der Waals surface area contributed by atoms with Crippen LogP contribution in [-0.2, 0) is 14.3 Å². The van der Waals surface area contributed by atoms with Gasteiger partial charge in [-0.05, 0) is 45.0 Å². The molecule has 6 nitrogen and oxygen atoms in total. The first kappa shape index (κ1) is 20.2. The van der Waals surface area contributed by atoms with Crippen LogP contribution in [0.3, 0.4) is 0 Å². The van der Waals surface area contributed by atoms with Gasteiger partial charge in [0.05, 0.1) is 24.9 Å². The number of phenols is 1. The number of nitrogens with zero attached hydrogens (tertiary/aromatic N) is 1. The fourth-order valence-corrected chi connectivity index (χ4v) is 3.26. The molecular formula is C23H23NO5. The van der Waals surface area contributed by atoms with Gasteiger partial charge in [0.2, 0.25) is 0 Å². The lowest BCUT2D eigenvalue weighted by Gasteiger charge is -2.18. The van der Waals surface area contributed by atoms with Gasteiger partial charge in [-0.2, -0.15) is 0 Å². The molecule has 0 spiro atoms. The average Bonchev–Trinajstić information content (AvgIpc) is 2.94. The number of rotatable bonds is 5. The molecular weight excluding hydrogens is 370 g/mol. The number of carbonyl (C=O) groups excluding carboxylic acids is 2. The van der Waals surface area contributed by atoms with Gasteiger partial charge in [-0.25, -0.2) is 4.79 Å². The molecule has 1 heterocycles. The number of anilines is 1. The SMILES string of the molecule is CCOC(=O)C1=C(C)N(c2ccc(C)cc2)C(=O)/C1=C\c1cccc(OC)c1O. The van der Waals surface area contributed by atoms with Crippen molar-refractivity contribution in [1.82, 2.24) is 0 Å². The van der Waals surface area contributed by atoms with E-state index in [1.807, 2.05) is 31.2 Å². The van der Waals surface area contributed by atoms with Crippen molar-refractivity contribution in [2.45, 2.75) is 20.8 Å². The van der Waals surface area contributed by atoms with Crippen LogP contribution >= 0.6 is 0 Å². The summed E-state index contributed by atoms with van der Waals surface area (Å²) >= 11 is 0. The second-order valence-corrected chi connectivity index (χ2v) is 6.61. The summed E-state index contributed by atoms with van der Waals surface area (Å²) in [6, 6.07) is 12.4. The Morgan fingerprint density at radius 2 is 1.83 bits per heavy atom. The van der Waals surface area contributed by atoms with Crippen molar-refractivity contribution < 1.29 is 24.2 Å². The molecule has 3 rings (SSSR count). The van der Waals surface area contributed by atoms with Gasteiger partial charge in [-0.1, -0.05) is 29.8 Å². The van der Waals surface area contributed by atoms with E-state index in [4.69, 9.17) is 9.47 Å². The topological polar surface area (TPSA) is 76.1 Å². The molecule has 2 aromatic carbocycles. The molecule has 0 fully saturated rings. The van der Waals surface area contributed by atoms with Gasteiger partial charge in [-0.3, -0.25) is 9.69 Å². The van der Waals surface area contributed by atoms with E-state index >= 15 is 0 Å². The normalized spacial score (nSPS) is 15.2. The van der Waals surface area contributed by atoms with Gasteiger partial charge in [0.15, 0.2) is 11.5 Å². The quantitative estimate of drug-likeness (QED) is 0.614. The van der Waals surface area contributed by atoms with Crippen LogP contribution in [0.2, 0.25) is 0 Å². The number of amides is 1. The predicted octanol–water partition coefficient (Wildman–Crippen LogP) is 3.98. The van der Waals surface area contributed by atoms with E-state index in [0.717, 1.165) is 5.56 Å². The Morgan fingerprint density at radius 1 is 1.14 bits per heavy atom. The molecule has 150 valence electrons. The Morgan fingerprint density at radius 3 is 2.45 bits per heavy atom. The summed E-state index contributed by atoms with van der Waals surface area (Å²) in [5, 5.41) is 10.4. The fourth-order valence-electron chi connectivity index (χ4n) is 3.26. The smallest absolute Gasteiger partial charge is 0.340 e. The molecule has 0 atom stereocenters. The molecule has 0 bridgehead atoms. The van der Waals surface area contributed by atoms with E-state index in [1.165, 1.54) is 18.1 Å². The lowest BCUT2D eigenvalue weighted by molar-refractivity contribution is -0.138. The highest BCUT2D eigenvalue weighted by atomic mass is 16.5. The second kappa shape index (κ2) is 8.22. The third-order valence-corrected chi connectivity index (χ3v) is 4.72. The Balaban J connectivity index is 2.16. The van der Waals surface area contributed by atoms with Crippen LogP contribution in [0.4, 0.5) is 5.69 Å². The molecule has 2 aromatic rings. The van der Waals surface area contributed by atoms with Crippen LogP contribution in [0.5, 0.6) is 11.5 Å². The lowest BCUT2D eigenvalue weighted by atomic mass is 10.0. The minimum absolute atomic E-state index is 0.107. The fraction of sp³-hybridized carbons (Fsp3) is 0.217. The van der Waals surface area contributed by atoms with Crippen LogP contribution < -0.4 is 9.64 Å². The van der Waals surface area contributed by atoms with Crippen LogP contribution in [0.25, 0.3) is 6.08 Å². The maximum atomic E-state index is 13.3. The van der Waals surface area contributed by atoms with Crippen LogP contribution in [0.1, 0.15) is 25.0 Å². The number of esters is 1. The number of para-hydroxylation sites is 1. The largest absolute Gasteiger partial charge is 0.504 e. The Bertz CT molecular complexity index is 1020. The summed E-state index contributed by atoms with van der Waals surface area (Å²) in [5.74, 6) is -0.776. The highest BCUT2D eigenvalue weighted by Gasteiger charge is 2.38. The zero-order valence-corrected chi connectivity index (χ0v) is 16.9. The molecule has 0 radical (unpaired) electrons. The number of methoxy groups -OCH3 is 1. The molecule has 0 unspecified atom stereocenters. The third kappa shape index (κ3) is 3.74. The average molecular weight is 393 g/mol. The standard InChI is InChI=1S/C23H23NO5/c1-5-29-23(27)20-15(3)24(17-11-9-14(2)10-12-17)22(26)18(20)13-16-7-6-8-19(28-4)21(16)25/h6-13,25H,5H2,1-4H3/b18-13-. The molecule has 0 aliphatic carbocycles. The minimum Gasteiger partial charge on any atom is -0.504 e. The zero-order chi connectivity index (χ0) is 21.1. The highest BCUT2D eigenvalue weighted by molar-refractivity contribution is 6.24. The molecule has 1 aliphatic heterocycles. The molecule has 29 heavy (non-hydrogen) atoms. The van der Waals surface area contributed by atoms with E-state index < -0.39 is 5.97 Å². The highest BCUT2D eigenvalue weighted by Crippen LogP contribution is 2.38. The molecule has 6 heteroatoms. The molecule has 1 amide bonds. The van der Waals surface area contributed by atoms with Gasteiger partial charge in [0.25, 0.3) is 5.91 Å². The van der Waals surface area contributed by atoms with E-state index in [1.54, 1.807) is 32.0 Å². The number of allylic oxidation sites excluding steroid dienone is 1. The van der Waals surface area contributed by atoms with Gasteiger partial charge in [0.1, 0.15) is 0 Å². The first-order chi connectivity index (χ1) is 13.9. The van der Waals surface area contributed by atoms with Crippen molar-refractivity contribution in [3.63, 3.8) is 0 Å². The maximum absolute atomic E-state index is 13.3. The second-order valence-electron chi connectivity index (χ2n) is 6.61. The number of benzene rings is 2. The van der Waals surface area contributed by atoms with Gasteiger partial charge in [-0.15, -0.1) is 0 Å². The van der Waals surface area contributed by atoms with Crippen LogP contribution in [-0.4, -0.2) is 30.7 Å². The summed E-state index contributed by atoms with van der Waals surface area (Å²) in [4.78, 5) is 27.4. The predicted molar refractivity (Wildman–Crippen MR) is 111 cm³/mol. The molecule has 1 N–H and O–H groups in total. The maximum Gasteiger partial charge on any atom is 0.340 e. The Hall–Kier alpha value is -3.54. The van der Waals surface area contributed by atoms with Crippen molar-refractivity contribution >= 4 is 23.6 Å². The number of phenolic OH excluding ortho intramolecular Hbond substituents is 1. The van der Waals surface area contributed by atoms with Crippen LogP contribution in [0, 0.1) is 6.92 Å². The molecule has 1 aliphatic rings. The van der Waals surface area contributed by atoms with Crippen molar-refractivity contribution in [2.24, 2.45) is 0 Å². The van der Waals surface area contributed by atoms with Gasteiger partial charge < -0.3 is 14.6 Å². The van der Waals surface area contributed by atoms with Gasteiger partial charge in [0, 0.05) is 16.9 Å². The molecule has 0 saturated heterocycles. The number of aromatic hydroxyl groups is 1. The summed E-state index contributed by atoms with van der Waals surface area (Å²) in [7, 11) is 1.44. The zero-order valence-electron chi connectivity index (χ0n) is 16.9. The summed E-state index contributed by atoms with van der Waals surface area (Å²) in [6.45, 7) is 5.56. The van der Waals surface area contributed by atoms with E-state index in [0.29, 0.717) is 16.9 Å². The van der Waals surface area contributed by atoms with Crippen molar-refractivity contribution in [1.29, 1.82) is 0 Å². The van der Waals surface area contributed by atoms with E-state index in [9.17, 15) is 14.7 Å². The minimum atomic E-state index is -0.582. The number of carbonyl (C=O) groups is 2. The van der Waals surface area contributed by atoms with Gasteiger partial charge >= 0.3 is 5.97 Å². The summed E-state index contributed by atoms with van der Waals surface area (Å²) in [6.07, 6.45) is 1.49. The first-order valence-corrected chi connectivity index (χ1v) is 9.26. The van der Waals surface area contributed by atoms with Crippen molar-refractivity contribution in [3.8, 4) is 11.5 Å². The summed E-state index contributed by atoms with van der Waals surface area (Å²) < 4.78 is 10.3. The van der Waals surface area contributed by atoms with Crippen molar-refractivity contribution in [3.05, 3.63) is 70.4 Å². The Labute approximate surface area is 169 Å². The number of hydrogen-bond acceptors (Lipinski definition) is 5. The molecule has 0 saturated carbocycles. The van der Waals surface area contributed by atoms with Crippen molar-refractivity contribution in [2.75, 3.05) is 18.6 Å².